The summed E-state index contributed by atoms with van der Waals surface area (Å²) in [6.45, 7) is 0. The largest absolute Gasteiger partial charge is 0.349 e. The summed E-state index contributed by atoms with van der Waals surface area (Å²) >= 11 is 0. The summed E-state index contributed by atoms with van der Waals surface area (Å²) in [7, 11) is 0. The van der Waals surface area contributed by atoms with E-state index in [0.717, 1.165) is 18.4 Å². The average Bonchev–Trinajstić information content (AvgIpc) is 3.30. The van der Waals surface area contributed by atoms with Crippen LogP contribution < -0.4 is 5.32 Å². The zero-order chi connectivity index (χ0) is 14.7. The molecule has 1 aliphatic carbocycles. The van der Waals surface area contributed by atoms with Crippen molar-refractivity contribution in [3.8, 4) is 0 Å². The molecule has 3 rings (SSSR count). The molecule has 0 heterocycles. The van der Waals surface area contributed by atoms with Crippen LogP contribution in [-0.4, -0.2) is 5.91 Å². The van der Waals surface area contributed by atoms with Gasteiger partial charge in [0.25, 0.3) is 0 Å². The molecule has 1 amide bonds. The lowest BCUT2D eigenvalue weighted by Crippen LogP contribution is -2.31. The van der Waals surface area contributed by atoms with E-state index in [-0.39, 0.29) is 24.2 Å². The van der Waals surface area contributed by atoms with Crippen molar-refractivity contribution in [2.24, 2.45) is 5.92 Å². The number of carbonyl (C=O) groups excluding carboxylic acids is 1. The van der Waals surface area contributed by atoms with Gasteiger partial charge in [0.15, 0.2) is 0 Å². The number of hydrogen-bond acceptors (Lipinski definition) is 1. The number of amides is 1. The Labute approximate surface area is 124 Å². The zero-order valence-electron chi connectivity index (χ0n) is 11.8. The van der Waals surface area contributed by atoms with Gasteiger partial charge in [-0.15, -0.1) is 0 Å². The van der Waals surface area contributed by atoms with Crippen LogP contribution in [0.2, 0.25) is 0 Å². The summed E-state index contributed by atoms with van der Waals surface area (Å²) in [6.07, 6.45) is 2.52. The van der Waals surface area contributed by atoms with E-state index in [2.05, 4.69) is 5.32 Å². The van der Waals surface area contributed by atoms with E-state index in [1.165, 1.54) is 12.1 Å². The minimum Gasteiger partial charge on any atom is -0.349 e. The van der Waals surface area contributed by atoms with Crippen LogP contribution in [0.4, 0.5) is 4.39 Å². The molecule has 1 unspecified atom stereocenters. The normalized spacial score (nSPS) is 15.5. The topological polar surface area (TPSA) is 29.1 Å². The smallest absolute Gasteiger partial charge is 0.224 e. The van der Waals surface area contributed by atoms with Gasteiger partial charge in [0, 0.05) is 0 Å². The third-order valence-electron chi connectivity index (χ3n) is 3.82. The van der Waals surface area contributed by atoms with Crippen molar-refractivity contribution in [3.63, 3.8) is 0 Å². The molecular formula is C18H18FNO. The standard InChI is InChI=1S/C18H18FNO/c19-16-8-4-5-13(11-16)12-17(21)20-18(15-9-10-15)14-6-2-1-3-7-14/h1-8,11,15,18H,9-10,12H2,(H,20,21). The summed E-state index contributed by atoms with van der Waals surface area (Å²) in [6, 6.07) is 16.3. The number of carbonyl (C=O) groups is 1. The van der Waals surface area contributed by atoms with Crippen molar-refractivity contribution in [1.29, 1.82) is 0 Å². The van der Waals surface area contributed by atoms with E-state index in [1.54, 1.807) is 12.1 Å². The molecular weight excluding hydrogens is 265 g/mol. The highest BCUT2D eigenvalue weighted by Crippen LogP contribution is 2.40. The fraction of sp³-hybridized carbons (Fsp3) is 0.278. The lowest BCUT2D eigenvalue weighted by atomic mass is 10.0. The van der Waals surface area contributed by atoms with Gasteiger partial charge in [-0.25, -0.2) is 4.39 Å². The first-order valence-electron chi connectivity index (χ1n) is 7.31. The van der Waals surface area contributed by atoms with E-state index < -0.39 is 0 Å². The van der Waals surface area contributed by atoms with Crippen molar-refractivity contribution >= 4 is 5.91 Å². The van der Waals surface area contributed by atoms with E-state index in [0.29, 0.717) is 11.5 Å². The molecule has 0 saturated heterocycles. The molecule has 21 heavy (non-hydrogen) atoms. The van der Waals surface area contributed by atoms with Crippen LogP contribution in [0, 0.1) is 11.7 Å². The highest BCUT2D eigenvalue weighted by Gasteiger charge is 2.33. The van der Waals surface area contributed by atoms with Crippen molar-refractivity contribution in [2.75, 3.05) is 0 Å². The number of nitrogens with one attached hydrogen (secondary N) is 1. The van der Waals surface area contributed by atoms with Gasteiger partial charge < -0.3 is 5.32 Å². The third kappa shape index (κ3) is 3.69. The maximum Gasteiger partial charge on any atom is 0.224 e. The number of rotatable bonds is 5. The van der Waals surface area contributed by atoms with Gasteiger partial charge in [-0.3, -0.25) is 4.79 Å². The Hall–Kier alpha value is -2.16. The monoisotopic (exact) mass is 283 g/mol. The summed E-state index contributed by atoms with van der Waals surface area (Å²) < 4.78 is 13.2. The Bertz CT molecular complexity index is 622. The van der Waals surface area contributed by atoms with E-state index >= 15 is 0 Å². The predicted molar refractivity (Wildman–Crippen MR) is 80.2 cm³/mol. The highest BCUT2D eigenvalue weighted by atomic mass is 19.1. The Balaban J connectivity index is 1.67. The van der Waals surface area contributed by atoms with Gasteiger partial charge >= 0.3 is 0 Å². The molecule has 1 atom stereocenters. The van der Waals surface area contributed by atoms with Crippen molar-refractivity contribution in [2.45, 2.75) is 25.3 Å². The Morgan fingerprint density at radius 3 is 2.57 bits per heavy atom. The van der Waals surface area contributed by atoms with E-state index in [9.17, 15) is 9.18 Å². The lowest BCUT2D eigenvalue weighted by Gasteiger charge is -2.19. The molecule has 1 aliphatic rings. The molecule has 0 spiro atoms. The second-order valence-electron chi connectivity index (χ2n) is 5.60. The van der Waals surface area contributed by atoms with Crippen LogP contribution in [0.3, 0.4) is 0 Å². The van der Waals surface area contributed by atoms with Crippen LogP contribution in [0.1, 0.15) is 30.0 Å². The summed E-state index contributed by atoms with van der Waals surface area (Å²) in [4.78, 5) is 12.2. The number of benzene rings is 2. The van der Waals surface area contributed by atoms with Gasteiger partial charge in [0.05, 0.1) is 12.5 Å². The van der Waals surface area contributed by atoms with Gasteiger partial charge in [-0.05, 0) is 42.0 Å². The average molecular weight is 283 g/mol. The van der Waals surface area contributed by atoms with Crippen LogP contribution in [0.25, 0.3) is 0 Å². The van der Waals surface area contributed by atoms with Crippen LogP contribution >= 0.6 is 0 Å². The van der Waals surface area contributed by atoms with Gasteiger partial charge in [-0.2, -0.15) is 0 Å². The second-order valence-corrected chi connectivity index (χ2v) is 5.60. The summed E-state index contributed by atoms with van der Waals surface area (Å²) in [5.41, 5.74) is 1.85. The molecule has 108 valence electrons. The molecule has 1 fully saturated rings. The molecule has 1 saturated carbocycles. The molecule has 0 aliphatic heterocycles. The summed E-state index contributed by atoms with van der Waals surface area (Å²) in [5, 5.41) is 3.10. The molecule has 1 N–H and O–H groups in total. The third-order valence-corrected chi connectivity index (χ3v) is 3.82. The highest BCUT2D eigenvalue weighted by molar-refractivity contribution is 5.79. The fourth-order valence-electron chi connectivity index (χ4n) is 2.62. The Morgan fingerprint density at radius 1 is 1.14 bits per heavy atom. The molecule has 0 bridgehead atoms. The lowest BCUT2D eigenvalue weighted by molar-refractivity contribution is -0.121. The molecule has 0 aromatic heterocycles. The van der Waals surface area contributed by atoms with Crippen LogP contribution in [-0.2, 0) is 11.2 Å². The SMILES string of the molecule is O=C(Cc1cccc(F)c1)NC(c1ccccc1)C1CC1. The minimum atomic E-state index is -0.304. The van der Waals surface area contributed by atoms with Gasteiger partial charge in [-0.1, -0.05) is 42.5 Å². The first-order chi connectivity index (χ1) is 10.2. The first-order valence-corrected chi connectivity index (χ1v) is 7.31. The quantitative estimate of drug-likeness (QED) is 0.892. The van der Waals surface area contributed by atoms with Gasteiger partial charge in [0.2, 0.25) is 5.91 Å². The molecule has 2 nitrogen and oxygen atoms in total. The van der Waals surface area contributed by atoms with Crippen LogP contribution in [0.15, 0.2) is 54.6 Å². The first kappa shape index (κ1) is 13.8. The minimum absolute atomic E-state index is 0.0543. The van der Waals surface area contributed by atoms with Crippen molar-refractivity contribution in [3.05, 3.63) is 71.5 Å². The molecule has 2 aromatic carbocycles. The number of halogens is 1. The van der Waals surface area contributed by atoms with Crippen molar-refractivity contribution in [1.82, 2.24) is 5.32 Å². The van der Waals surface area contributed by atoms with E-state index in [4.69, 9.17) is 0 Å². The fourth-order valence-corrected chi connectivity index (χ4v) is 2.62. The predicted octanol–water partition coefficient (Wildman–Crippen LogP) is 3.64. The number of hydrogen-bond donors (Lipinski definition) is 1. The second kappa shape index (κ2) is 6.08. The molecule has 2 aromatic rings. The summed E-state index contributed by atoms with van der Waals surface area (Å²) in [5.74, 6) is 0.173. The maximum atomic E-state index is 13.2. The zero-order valence-corrected chi connectivity index (χ0v) is 11.8. The molecule has 3 heteroatoms. The van der Waals surface area contributed by atoms with Crippen molar-refractivity contribution < 1.29 is 9.18 Å². The maximum absolute atomic E-state index is 13.2. The Morgan fingerprint density at radius 2 is 1.90 bits per heavy atom. The van der Waals surface area contributed by atoms with Crippen LogP contribution in [0.5, 0.6) is 0 Å². The van der Waals surface area contributed by atoms with Gasteiger partial charge in [0.1, 0.15) is 5.82 Å². The van der Waals surface area contributed by atoms with E-state index in [1.807, 2.05) is 30.3 Å². The Kier molecular flexibility index (Phi) is 4.00. The molecule has 0 radical (unpaired) electrons.